The number of fused-ring (bicyclic) bond motifs is 1. The highest BCUT2D eigenvalue weighted by molar-refractivity contribution is 5.97. The molecule has 0 atom stereocenters. The average molecular weight is 369 g/mol. The van der Waals surface area contributed by atoms with Gasteiger partial charge in [-0.2, -0.15) is 0 Å². The van der Waals surface area contributed by atoms with Crippen LogP contribution < -0.4 is 14.8 Å². The lowest BCUT2D eigenvalue weighted by Gasteiger charge is -2.07. The van der Waals surface area contributed by atoms with Gasteiger partial charge in [-0.3, -0.25) is 14.4 Å². The number of benzene rings is 2. The number of hydrogen-bond acceptors (Lipinski definition) is 6. The topological polar surface area (TPSA) is 90.9 Å². The number of ether oxygens (including phenoxy) is 3. The molecule has 7 nitrogen and oxygen atoms in total. The van der Waals surface area contributed by atoms with E-state index in [-0.39, 0.29) is 25.7 Å². The third-order valence-electron chi connectivity index (χ3n) is 3.94. The van der Waals surface area contributed by atoms with Crippen LogP contribution in [0.3, 0.4) is 0 Å². The quantitative estimate of drug-likeness (QED) is 0.436. The summed E-state index contributed by atoms with van der Waals surface area (Å²) in [6.45, 7) is -0.00326. The van der Waals surface area contributed by atoms with Gasteiger partial charge in [0.15, 0.2) is 17.3 Å². The second kappa shape index (κ2) is 8.84. The zero-order valence-electron chi connectivity index (χ0n) is 14.6. The van der Waals surface area contributed by atoms with Gasteiger partial charge in [0.2, 0.25) is 6.79 Å². The van der Waals surface area contributed by atoms with Gasteiger partial charge in [0, 0.05) is 17.5 Å². The van der Waals surface area contributed by atoms with Gasteiger partial charge in [0.25, 0.3) is 5.91 Å². The molecular weight excluding hydrogens is 350 g/mol. The molecule has 1 amide bonds. The molecule has 0 spiro atoms. The molecule has 0 unspecified atom stereocenters. The number of amides is 1. The minimum Gasteiger partial charge on any atom is -0.464 e. The lowest BCUT2D eigenvalue weighted by molar-refractivity contribution is -0.142. The van der Waals surface area contributed by atoms with E-state index < -0.39 is 11.9 Å². The highest BCUT2D eigenvalue weighted by Gasteiger charge is 2.16. The largest absolute Gasteiger partial charge is 0.464 e. The van der Waals surface area contributed by atoms with Crippen LogP contribution in [0, 0.1) is 0 Å². The molecular formula is C20H19NO6. The zero-order valence-corrected chi connectivity index (χ0v) is 14.6. The molecule has 0 saturated carbocycles. The van der Waals surface area contributed by atoms with Gasteiger partial charge in [-0.05, 0) is 24.6 Å². The van der Waals surface area contributed by atoms with Gasteiger partial charge in [-0.15, -0.1) is 0 Å². The van der Waals surface area contributed by atoms with E-state index in [9.17, 15) is 14.4 Å². The van der Waals surface area contributed by atoms with Gasteiger partial charge in [-0.25, -0.2) is 0 Å². The van der Waals surface area contributed by atoms with Crippen molar-refractivity contribution in [3.63, 3.8) is 0 Å². The van der Waals surface area contributed by atoms with Crippen LogP contribution in [-0.4, -0.2) is 37.6 Å². The minimum atomic E-state index is -0.559. The molecule has 3 rings (SSSR count). The first-order valence-electron chi connectivity index (χ1n) is 8.55. The number of rotatable bonds is 8. The van der Waals surface area contributed by atoms with E-state index in [0.717, 1.165) is 0 Å². The molecule has 1 N–H and O–H groups in total. The number of nitrogens with one attached hydrogen (secondary N) is 1. The summed E-state index contributed by atoms with van der Waals surface area (Å²) in [6, 6.07) is 13.7. The Hall–Kier alpha value is -3.35. The van der Waals surface area contributed by atoms with Crippen LogP contribution in [0.2, 0.25) is 0 Å². The summed E-state index contributed by atoms with van der Waals surface area (Å²) in [5, 5.41) is 2.49. The summed E-state index contributed by atoms with van der Waals surface area (Å²) in [7, 11) is 0. The summed E-state index contributed by atoms with van der Waals surface area (Å²) in [6.07, 6.45) is 0.719. The van der Waals surface area contributed by atoms with E-state index in [1.807, 2.05) is 6.07 Å². The summed E-state index contributed by atoms with van der Waals surface area (Å²) in [5.74, 6) is 0.104. The molecule has 1 heterocycles. The lowest BCUT2D eigenvalue weighted by Crippen LogP contribution is -2.30. The Balaban J connectivity index is 1.35. The Morgan fingerprint density at radius 3 is 2.56 bits per heavy atom. The predicted octanol–water partition coefficient (Wildman–Crippen LogP) is 2.35. The van der Waals surface area contributed by atoms with Crippen molar-refractivity contribution in [3.8, 4) is 11.5 Å². The Kier molecular flexibility index (Phi) is 6.04. The first kappa shape index (κ1) is 18.4. The monoisotopic (exact) mass is 369 g/mol. The minimum absolute atomic E-state index is 0.00256. The molecule has 140 valence electrons. The van der Waals surface area contributed by atoms with Crippen molar-refractivity contribution < 1.29 is 28.6 Å². The molecule has 2 aromatic carbocycles. The molecule has 0 aromatic heterocycles. The molecule has 7 heteroatoms. The fraction of sp³-hybridized carbons (Fsp3) is 0.250. The Morgan fingerprint density at radius 1 is 0.963 bits per heavy atom. The molecule has 0 fully saturated rings. The van der Waals surface area contributed by atoms with Crippen LogP contribution in [-0.2, 0) is 9.53 Å². The molecule has 0 saturated heterocycles. The number of ketones is 1. The maximum atomic E-state index is 12.1. The maximum absolute atomic E-state index is 12.1. The molecule has 0 aliphatic carbocycles. The second-order valence-corrected chi connectivity index (χ2v) is 5.86. The van der Waals surface area contributed by atoms with Gasteiger partial charge in [0.1, 0.15) is 6.54 Å². The van der Waals surface area contributed by atoms with Crippen LogP contribution in [0.4, 0.5) is 0 Å². The first-order valence-corrected chi connectivity index (χ1v) is 8.55. The van der Waals surface area contributed by atoms with E-state index in [4.69, 9.17) is 14.2 Å². The SMILES string of the molecule is O=C(CNC(=O)c1ccc2c(c1)OCO2)OCCCC(=O)c1ccccc1. The van der Waals surface area contributed by atoms with E-state index in [2.05, 4.69) is 5.32 Å². The summed E-state index contributed by atoms with van der Waals surface area (Å²) in [4.78, 5) is 35.7. The van der Waals surface area contributed by atoms with E-state index in [1.165, 1.54) is 0 Å². The van der Waals surface area contributed by atoms with Crippen molar-refractivity contribution in [1.82, 2.24) is 5.32 Å². The average Bonchev–Trinajstić information content (AvgIpc) is 3.17. The zero-order chi connectivity index (χ0) is 19.1. The van der Waals surface area contributed by atoms with Crippen molar-refractivity contribution in [2.75, 3.05) is 19.9 Å². The van der Waals surface area contributed by atoms with Gasteiger partial charge >= 0.3 is 5.97 Å². The third kappa shape index (κ3) is 5.07. The fourth-order valence-electron chi connectivity index (χ4n) is 2.53. The highest BCUT2D eigenvalue weighted by atomic mass is 16.7. The number of carbonyl (C=O) groups excluding carboxylic acids is 3. The van der Waals surface area contributed by atoms with Crippen LogP contribution in [0.15, 0.2) is 48.5 Å². The van der Waals surface area contributed by atoms with Crippen LogP contribution >= 0.6 is 0 Å². The van der Waals surface area contributed by atoms with Gasteiger partial charge in [-0.1, -0.05) is 30.3 Å². The maximum Gasteiger partial charge on any atom is 0.325 e. The summed E-state index contributed by atoms with van der Waals surface area (Å²) < 4.78 is 15.4. The van der Waals surface area contributed by atoms with Gasteiger partial charge in [0.05, 0.1) is 6.61 Å². The second-order valence-electron chi connectivity index (χ2n) is 5.86. The van der Waals surface area contributed by atoms with Crippen molar-refractivity contribution >= 4 is 17.7 Å². The van der Waals surface area contributed by atoms with Crippen LogP contribution in [0.25, 0.3) is 0 Å². The highest BCUT2D eigenvalue weighted by Crippen LogP contribution is 2.32. The Bertz CT molecular complexity index is 834. The standard InChI is InChI=1S/C20H19NO6/c22-16(14-5-2-1-3-6-14)7-4-10-25-19(23)12-21-20(24)15-8-9-17-18(11-15)27-13-26-17/h1-3,5-6,8-9,11H,4,7,10,12-13H2,(H,21,24). The summed E-state index contributed by atoms with van der Waals surface area (Å²) in [5.41, 5.74) is 1.00. The molecule has 1 aliphatic rings. The molecule has 27 heavy (non-hydrogen) atoms. The van der Waals surface area contributed by atoms with E-state index in [0.29, 0.717) is 35.5 Å². The smallest absolute Gasteiger partial charge is 0.325 e. The van der Waals surface area contributed by atoms with Crippen molar-refractivity contribution in [2.24, 2.45) is 0 Å². The summed E-state index contributed by atoms with van der Waals surface area (Å²) >= 11 is 0. The number of Topliss-reactive ketones (excluding diaryl/α,β-unsaturated/α-hetero) is 1. The van der Waals surface area contributed by atoms with Gasteiger partial charge < -0.3 is 19.5 Å². The van der Waals surface area contributed by atoms with E-state index in [1.54, 1.807) is 42.5 Å². The first-order chi connectivity index (χ1) is 13.1. The third-order valence-corrected chi connectivity index (χ3v) is 3.94. The molecule has 1 aliphatic heterocycles. The van der Waals surface area contributed by atoms with Crippen LogP contribution in [0.5, 0.6) is 11.5 Å². The van der Waals surface area contributed by atoms with Crippen molar-refractivity contribution in [1.29, 1.82) is 0 Å². The van der Waals surface area contributed by atoms with Crippen LogP contribution in [0.1, 0.15) is 33.6 Å². The van der Waals surface area contributed by atoms with Crippen molar-refractivity contribution in [2.45, 2.75) is 12.8 Å². The predicted molar refractivity (Wildman–Crippen MR) is 95.9 cm³/mol. The van der Waals surface area contributed by atoms with Crippen molar-refractivity contribution in [3.05, 3.63) is 59.7 Å². The number of esters is 1. The molecule has 0 radical (unpaired) electrons. The number of hydrogen-bond donors (Lipinski definition) is 1. The number of carbonyl (C=O) groups is 3. The normalized spacial score (nSPS) is 11.7. The lowest BCUT2D eigenvalue weighted by atomic mass is 10.1. The molecule has 2 aromatic rings. The Labute approximate surface area is 156 Å². The Morgan fingerprint density at radius 2 is 1.74 bits per heavy atom. The van der Waals surface area contributed by atoms with E-state index >= 15 is 0 Å². The fourth-order valence-corrected chi connectivity index (χ4v) is 2.53. The molecule has 0 bridgehead atoms.